The van der Waals surface area contributed by atoms with E-state index in [1.54, 1.807) is 6.07 Å². The molecule has 1 aliphatic rings. The molecule has 170 valence electrons. The van der Waals surface area contributed by atoms with E-state index in [9.17, 15) is 9.50 Å². The zero-order valence-electron chi connectivity index (χ0n) is 18.9. The zero-order valence-corrected chi connectivity index (χ0v) is 18.9. The summed E-state index contributed by atoms with van der Waals surface area (Å²) in [4.78, 5) is 8.75. The molecular formula is C22H38FN5O2. The molecule has 1 aliphatic heterocycles. The second kappa shape index (κ2) is 12.1. The monoisotopic (exact) mass is 423 g/mol. The molecule has 3 N–H and O–H groups in total. The van der Waals surface area contributed by atoms with Gasteiger partial charge in [0.1, 0.15) is 5.82 Å². The Morgan fingerprint density at radius 3 is 2.53 bits per heavy atom. The number of morpholine rings is 1. The van der Waals surface area contributed by atoms with Crippen LogP contribution in [0.5, 0.6) is 0 Å². The Bertz CT molecular complexity index is 673. The Morgan fingerprint density at radius 1 is 1.23 bits per heavy atom. The van der Waals surface area contributed by atoms with E-state index in [4.69, 9.17) is 4.74 Å². The van der Waals surface area contributed by atoms with E-state index in [-0.39, 0.29) is 5.82 Å². The molecule has 0 saturated carbocycles. The van der Waals surface area contributed by atoms with E-state index in [1.807, 2.05) is 44.7 Å². The second-order valence-electron chi connectivity index (χ2n) is 7.89. The highest BCUT2D eigenvalue weighted by atomic mass is 19.1. The minimum atomic E-state index is -0.898. The van der Waals surface area contributed by atoms with Gasteiger partial charge in [-0.25, -0.2) is 9.38 Å². The van der Waals surface area contributed by atoms with Gasteiger partial charge >= 0.3 is 0 Å². The number of aliphatic imine (C=N–C) groups is 1. The van der Waals surface area contributed by atoms with Crippen LogP contribution in [0.1, 0.15) is 33.3 Å². The number of hydrogen-bond acceptors (Lipinski definition) is 5. The lowest BCUT2D eigenvalue weighted by atomic mass is 10.1. The molecule has 0 amide bonds. The van der Waals surface area contributed by atoms with Gasteiger partial charge in [0.15, 0.2) is 5.96 Å². The molecule has 30 heavy (non-hydrogen) atoms. The van der Waals surface area contributed by atoms with E-state index in [0.717, 1.165) is 31.7 Å². The number of hydrogen-bond donors (Lipinski definition) is 3. The number of aliphatic hydroxyl groups is 1. The first kappa shape index (κ1) is 24.4. The fourth-order valence-corrected chi connectivity index (χ4v) is 3.55. The molecule has 1 atom stereocenters. The number of halogens is 1. The predicted octanol–water partition coefficient (Wildman–Crippen LogP) is 1.81. The molecule has 0 aromatic heterocycles. The summed E-state index contributed by atoms with van der Waals surface area (Å²) in [7, 11) is 0. The molecule has 1 aromatic carbocycles. The summed E-state index contributed by atoms with van der Waals surface area (Å²) >= 11 is 0. The van der Waals surface area contributed by atoms with Gasteiger partial charge in [-0.3, -0.25) is 4.90 Å². The lowest BCUT2D eigenvalue weighted by molar-refractivity contribution is -0.0201. The van der Waals surface area contributed by atoms with Gasteiger partial charge in [-0.2, -0.15) is 0 Å². The number of guanidine groups is 1. The van der Waals surface area contributed by atoms with Crippen LogP contribution in [0, 0.1) is 5.82 Å². The van der Waals surface area contributed by atoms with Crippen LogP contribution in [-0.2, 0) is 11.3 Å². The Kier molecular flexibility index (Phi) is 9.81. The SMILES string of the molecule is CCNC(=NCc1ccc(N(CC)CC)c(F)c1)NCC(C)(O)CN1CCOCC1. The van der Waals surface area contributed by atoms with Crippen LogP contribution < -0.4 is 15.5 Å². The van der Waals surface area contributed by atoms with E-state index < -0.39 is 5.60 Å². The van der Waals surface area contributed by atoms with Crippen molar-refractivity contribution in [2.75, 3.05) is 63.9 Å². The first-order chi connectivity index (χ1) is 14.4. The summed E-state index contributed by atoms with van der Waals surface area (Å²) in [5.41, 5.74) is 0.531. The van der Waals surface area contributed by atoms with Crippen LogP contribution in [0.25, 0.3) is 0 Å². The maximum Gasteiger partial charge on any atom is 0.191 e. The van der Waals surface area contributed by atoms with Crippen LogP contribution in [0.15, 0.2) is 23.2 Å². The molecule has 0 aliphatic carbocycles. The average Bonchev–Trinajstić information content (AvgIpc) is 2.72. The van der Waals surface area contributed by atoms with Crippen molar-refractivity contribution in [3.63, 3.8) is 0 Å². The van der Waals surface area contributed by atoms with E-state index in [0.29, 0.717) is 51.0 Å². The van der Waals surface area contributed by atoms with E-state index >= 15 is 0 Å². The van der Waals surface area contributed by atoms with Crippen LogP contribution in [0.2, 0.25) is 0 Å². The Balaban J connectivity index is 1.95. The van der Waals surface area contributed by atoms with Crippen molar-refractivity contribution in [1.29, 1.82) is 0 Å². The molecule has 8 heteroatoms. The summed E-state index contributed by atoms with van der Waals surface area (Å²) in [5.74, 6) is 0.380. The number of rotatable bonds is 10. The van der Waals surface area contributed by atoms with Gasteiger partial charge in [-0.15, -0.1) is 0 Å². The molecule has 2 rings (SSSR count). The molecular weight excluding hydrogens is 385 g/mol. The quantitative estimate of drug-likeness (QED) is 0.394. The van der Waals surface area contributed by atoms with Crippen LogP contribution >= 0.6 is 0 Å². The molecule has 0 radical (unpaired) electrons. The maximum atomic E-state index is 14.5. The van der Waals surface area contributed by atoms with Crippen molar-refractivity contribution >= 4 is 11.6 Å². The minimum Gasteiger partial charge on any atom is -0.387 e. The lowest BCUT2D eigenvalue weighted by Crippen LogP contribution is -2.52. The maximum absolute atomic E-state index is 14.5. The van der Waals surface area contributed by atoms with E-state index in [1.165, 1.54) is 0 Å². The Labute approximate surface area is 180 Å². The standard InChI is InChI=1S/C22H38FN5O2/c1-5-24-21(26-16-22(4,29)17-27-10-12-30-13-11-27)25-15-18-8-9-20(19(23)14-18)28(6-2)7-3/h8-9,14,29H,5-7,10-13,15-17H2,1-4H3,(H2,24,25,26). The van der Waals surface area contributed by atoms with Crippen molar-refractivity contribution in [1.82, 2.24) is 15.5 Å². The number of nitrogens with zero attached hydrogens (tertiary/aromatic N) is 3. The van der Waals surface area contributed by atoms with Gasteiger partial charge in [-0.05, 0) is 45.4 Å². The van der Waals surface area contributed by atoms with Crippen molar-refractivity contribution in [2.45, 2.75) is 39.8 Å². The van der Waals surface area contributed by atoms with Gasteiger partial charge in [0.05, 0.1) is 31.0 Å². The van der Waals surface area contributed by atoms with E-state index in [2.05, 4.69) is 20.5 Å². The molecule has 0 bridgehead atoms. The predicted molar refractivity (Wildman–Crippen MR) is 121 cm³/mol. The third-order valence-corrected chi connectivity index (χ3v) is 5.18. The summed E-state index contributed by atoms with van der Waals surface area (Å²) in [6, 6.07) is 5.29. The molecule has 0 spiro atoms. The first-order valence-corrected chi connectivity index (χ1v) is 11.0. The lowest BCUT2D eigenvalue weighted by Gasteiger charge is -2.34. The summed E-state index contributed by atoms with van der Waals surface area (Å²) < 4.78 is 19.9. The molecule has 1 heterocycles. The van der Waals surface area contributed by atoms with Gasteiger partial charge in [0, 0.05) is 45.8 Å². The molecule has 1 unspecified atom stereocenters. The molecule has 7 nitrogen and oxygen atoms in total. The first-order valence-electron chi connectivity index (χ1n) is 11.0. The highest BCUT2D eigenvalue weighted by Crippen LogP contribution is 2.20. The normalized spacial score (nSPS) is 17.5. The number of β-amino-alcohol motifs (C(OH)–C–C–N with tert-alkyl or cyclic N) is 1. The zero-order chi connectivity index (χ0) is 22.0. The average molecular weight is 424 g/mol. The van der Waals surface area contributed by atoms with Crippen LogP contribution in [0.3, 0.4) is 0 Å². The largest absolute Gasteiger partial charge is 0.387 e. The van der Waals surface area contributed by atoms with Crippen molar-refractivity contribution in [2.24, 2.45) is 4.99 Å². The van der Waals surface area contributed by atoms with Crippen LogP contribution in [-0.4, -0.2) is 80.6 Å². The van der Waals surface area contributed by atoms with Crippen LogP contribution in [0.4, 0.5) is 10.1 Å². The molecule has 1 fully saturated rings. The van der Waals surface area contributed by atoms with Gasteiger partial charge in [-0.1, -0.05) is 6.07 Å². The number of ether oxygens (including phenoxy) is 1. The Hall–Kier alpha value is -1.90. The molecule has 1 saturated heterocycles. The third-order valence-electron chi connectivity index (χ3n) is 5.18. The number of nitrogens with one attached hydrogen (secondary N) is 2. The van der Waals surface area contributed by atoms with Crippen molar-refractivity contribution < 1.29 is 14.2 Å². The van der Waals surface area contributed by atoms with Crippen molar-refractivity contribution in [3.8, 4) is 0 Å². The third kappa shape index (κ3) is 7.74. The molecule has 1 aromatic rings. The summed E-state index contributed by atoms with van der Waals surface area (Å²) in [6.45, 7) is 14.4. The topological polar surface area (TPSA) is 72.4 Å². The van der Waals surface area contributed by atoms with Crippen molar-refractivity contribution in [3.05, 3.63) is 29.6 Å². The minimum absolute atomic E-state index is 0.224. The number of benzene rings is 1. The van der Waals surface area contributed by atoms with Gasteiger partial charge in [0.2, 0.25) is 0 Å². The Morgan fingerprint density at radius 2 is 1.93 bits per heavy atom. The fourth-order valence-electron chi connectivity index (χ4n) is 3.55. The fraction of sp³-hybridized carbons (Fsp3) is 0.682. The highest BCUT2D eigenvalue weighted by molar-refractivity contribution is 5.79. The summed E-state index contributed by atoms with van der Waals surface area (Å²) in [6.07, 6.45) is 0. The highest BCUT2D eigenvalue weighted by Gasteiger charge is 2.25. The number of anilines is 1. The smallest absolute Gasteiger partial charge is 0.191 e. The second-order valence-corrected chi connectivity index (χ2v) is 7.89. The summed E-state index contributed by atoms with van der Waals surface area (Å²) in [5, 5.41) is 17.1. The van der Waals surface area contributed by atoms with Gasteiger partial charge in [0.25, 0.3) is 0 Å². The van der Waals surface area contributed by atoms with Gasteiger partial charge < -0.3 is 25.4 Å².